The van der Waals surface area contributed by atoms with Crippen LogP contribution in [0.25, 0.3) is 11.1 Å². The molecule has 4 aromatic rings. The highest BCUT2D eigenvalue weighted by Crippen LogP contribution is 2.29. The monoisotopic (exact) mass is 516 g/mol. The number of rotatable bonds is 11. The van der Waals surface area contributed by atoms with Gasteiger partial charge in [0, 0.05) is 12.0 Å². The van der Waals surface area contributed by atoms with E-state index < -0.39 is 11.9 Å². The molecule has 0 amide bonds. The Bertz CT molecular complexity index is 1410. The molecule has 0 spiro atoms. The first-order valence-electron chi connectivity index (χ1n) is 12.1. The number of carboxylic acid groups (broad SMARTS) is 2. The largest absolute Gasteiger partial charge is 0.478 e. The zero-order valence-electron chi connectivity index (χ0n) is 20.7. The number of aryl methyl sites for hydroxylation is 2. The lowest BCUT2D eigenvalue weighted by Gasteiger charge is -2.16. The summed E-state index contributed by atoms with van der Waals surface area (Å²) < 4.78 is 6.11. The van der Waals surface area contributed by atoms with Crippen molar-refractivity contribution in [3.05, 3.63) is 98.6 Å². The van der Waals surface area contributed by atoms with Crippen LogP contribution in [0.5, 0.6) is 5.88 Å². The molecule has 2 N–H and O–H groups in total. The smallest absolute Gasteiger partial charge is 0.336 e. The molecule has 0 atom stereocenters. The van der Waals surface area contributed by atoms with Crippen molar-refractivity contribution in [2.75, 3.05) is 0 Å². The minimum Gasteiger partial charge on any atom is -0.478 e. The Morgan fingerprint density at radius 3 is 2.38 bits per heavy atom. The summed E-state index contributed by atoms with van der Waals surface area (Å²) in [7, 11) is 0. The summed E-state index contributed by atoms with van der Waals surface area (Å²) >= 11 is 1.34. The SMILES string of the molecule is CCCCc1nc(C)nc(OCc2sccc2C(=O)O)c1Cc1ccc(-c2ccccc2C(=O)O)cc1. The Kier molecular flexibility index (Phi) is 8.30. The number of hydrogen-bond acceptors (Lipinski definition) is 6. The van der Waals surface area contributed by atoms with E-state index in [0.717, 1.165) is 41.6 Å². The normalized spacial score (nSPS) is 10.9. The van der Waals surface area contributed by atoms with E-state index in [9.17, 15) is 19.8 Å². The van der Waals surface area contributed by atoms with Gasteiger partial charge in [0.25, 0.3) is 0 Å². The van der Waals surface area contributed by atoms with Crippen molar-refractivity contribution in [2.24, 2.45) is 0 Å². The van der Waals surface area contributed by atoms with Crippen LogP contribution < -0.4 is 4.74 Å². The van der Waals surface area contributed by atoms with Gasteiger partial charge in [0.05, 0.1) is 21.7 Å². The maximum Gasteiger partial charge on any atom is 0.336 e. The molecule has 37 heavy (non-hydrogen) atoms. The molecule has 0 fully saturated rings. The summed E-state index contributed by atoms with van der Waals surface area (Å²) in [5.74, 6) is -0.874. The summed E-state index contributed by atoms with van der Waals surface area (Å²) in [4.78, 5) is 33.1. The van der Waals surface area contributed by atoms with Crippen LogP contribution in [0.1, 0.15) is 68.0 Å². The fourth-order valence-electron chi connectivity index (χ4n) is 4.18. The molecular weight excluding hydrogens is 488 g/mol. The molecule has 0 unspecified atom stereocenters. The molecule has 0 aliphatic heterocycles. The maximum atomic E-state index is 11.6. The van der Waals surface area contributed by atoms with Crippen molar-refractivity contribution in [2.45, 2.75) is 46.1 Å². The van der Waals surface area contributed by atoms with E-state index in [0.29, 0.717) is 28.6 Å². The summed E-state index contributed by atoms with van der Waals surface area (Å²) in [6, 6.07) is 16.3. The number of benzene rings is 2. The van der Waals surface area contributed by atoms with Gasteiger partial charge >= 0.3 is 11.9 Å². The second-order valence-electron chi connectivity index (χ2n) is 8.68. The van der Waals surface area contributed by atoms with E-state index in [1.807, 2.05) is 37.3 Å². The highest BCUT2D eigenvalue weighted by molar-refractivity contribution is 7.10. The van der Waals surface area contributed by atoms with E-state index in [2.05, 4.69) is 11.9 Å². The second-order valence-corrected chi connectivity index (χ2v) is 9.68. The molecule has 2 aromatic carbocycles. The van der Waals surface area contributed by atoms with Crippen LogP contribution >= 0.6 is 11.3 Å². The number of carbonyl (C=O) groups is 2. The quantitative estimate of drug-likeness (QED) is 0.237. The zero-order chi connectivity index (χ0) is 26.4. The molecule has 0 aliphatic carbocycles. The number of carboxylic acids is 2. The molecule has 8 heteroatoms. The van der Waals surface area contributed by atoms with Gasteiger partial charge in [0.2, 0.25) is 5.88 Å². The van der Waals surface area contributed by atoms with Gasteiger partial charge in [-0.05, 0) is 54.0 Å². The summed E-state index contributed by atoms with van der Waals surface area (Å²) in [5, 5.41) is 20.7. The first kappa shape index (κ1) is 26.0. The van der Waals surface area contributed by atoms with Gasteiger partial charge < -0.3 is 14.9 Å². The van der Waals surface area contributed by atoms with E-state index in [-0.39, 0.29) is 17.7 Å². The number of aromatic nitrogens is 2. The van der Waals surface area contributed by atoms with Crippen molar-refractivity contribution < 1.29 is 24.5 Å². The molecule has 0 saturated heterocycles. The fourth-order valence-corrected chi connectivity index (χ4v) is 4.96. The minimum absolute atomic E-state index is 0.112. The summed E-state index contributed by atoms with van der Waals surface area (Å²) in [6.07, 6.45) is 3.32. The molecule has 2 aromatic heterocycles. The van der Waals surface area contributed by atoms with Gasteiger partial charge in [0.1, 0.15) is 12.4 Å². The number of hydrogen-bond donors (Lipinski definition) is 2. The van der Waals surface area contributed by atoms with Crippen LogP contribution in [0, 0.1) is 6.92 Å². The van der Waals surface area contributed by atoms with Crippen LogP contribution in [-0.4, -0.2) is 32.1 Å². The van der Waals surface area contributed by atoms with Gasteiger partial charge in [-0.25, -0.2) is 14.6 Å². The Morgan fingerprint density at radius 1 is 0.946 bits per heavy atom. The molecule has 0 saturated carbocycles. The van der Waals surface area contributed by atoms with E-state index in [1.165, 1.54) is 11.3 Å². The Balaban J connectivity index is 1.64. The van der Waals surface area contributed by atoms with Crippen molar-refractivity contribution in [1.29, 1.82) is 0 Å². The Hall–Kier alpha value is -4.04. The van der Waals surface area contributed by atoms with Crippen molar-refractivity contribution in [3.63, 3.8) is 0 Å². The standard InChI is InChI=1S/C29H28N2O5S/c1-3-4-9-25-24(27(31-18(2)30-25)36-17-26-23(29(34)35)14-15-37-26)16-19-10-12-20(13-11-19)21-7-5-6-8-22(21)28(32)33/h5-8,10-15H,3-4,9,16-17H2,1-2H3,(H,32,33)(H,34,35). The topological polar surface area (TPSA) is 110 Å². The van der Waals surface area contributed by atoms with Crippen LogP contribution in [-0.2, 0) is 19.4 Å². The number of ether oxygens (including phenoxy) is 1. The first-order chi connectivity index (χ1) is 17.9. The number of aromatic carboxylic acids is 2. The number of thiophene rings is 1. The van der Waals surface area contributed by atoms with Crippen LogP contribution in [0.3, 0.4) is 0 Å². The molecule has 0 bridgehead atoms. The molecule has 4 rings (SSSR count). The maximum absolute atomic E-state index is 11.6. The van der Waals surface area contributed by atoms with Gasteiger partial charge in [0.15, 0.2) is 0 Å². The zero-order valence-corrected chi connectivity index (χ0v) is 21.5. The molecule has 2 heterocycles. The summed E-state index contributed by atoms with van der Waals surface area (Å²) in [6.45, 7) is 4.07. The predicted octanol–water partition coefficient (Wildman–Crippen LogP) is 6.42. The molecule has 0 radical (unpaired) electrons. The third-order valence-electron chi connectivity index (χ3n) is 6.05. The molecule has 0 aliphatic rings. The van der Waals surface area contributed by atoms with E-state index in [4.69, 9.17) is 9.72 Å². The average molecular weight is 517 g/mol. The van der Waals surface area contributed by atoms with Crippen molar-refractivity contribution in [3.8, 4) is 17.0 Å². The van der Waals surface area contributed by atoms with Gasteiger partial charge in [-0.1, -0.05) is 55.8 Å². The Labute approximate surface area is 219 Å². The fraction of sp³-hybridized carbons (Fsp3) is 0.241. The highest BCUT2D eigenvalue weighted by Gasteiger charge is 2.18. The first-order valence-corrected chi connectivity index (χ1v) is 13.0. The van der Waals surface area contributed by atoms with Crippen LogP contribution in [0.2, 0.25) is 0 Å². The van der Waals surface area contributed by atoms with Crippen molar-refractivity contribution in [1.82, 2.24) is 9.97 Å². The second kappa shape index (κ2) is 11.8. The molecular formula is C29H28N2O5S. The third kappa shape index (κ3) is 6.21. The Morgan fingerprint density at radius 2 is 1.68 bits per heavy atom. The van der Waals surface area contributed by atoms with Crippen molar-refractivity contribution >= 4 is 23.3 Å². The van der Waals surface area contributed by atoms with E-state index >= 15 is 0 Å². The molecule has 190 valence electrons. The van der Waals surface area contributed by atoms with Gasteiger partial charge in [-0.2, -0.15) is 4.98 Å². The predicted molar refractivity (Wildman–Crippen MR) is 143 cm³/mol. The lowest BCUT2D eigenvalue weighted by atomic mass is 9.96. The van der Waals surface area contributed by atoms with Crippen LogP contribution in [0.15, 0.2) is 60.0 Å². The van der Waals surface area contributed by atoms with Gasteiger partial charge in [-0.15, -0.1) is 11.3 Å². The van der Waals surface area contributed by atoms with Gasteiger partial charge in [-0.3, -0.25) is 0 Å². The molecule has 7 nitrogen and oxygen atoms in total. The lowest BCUT2D eigenvalue weighted by Crippen LogP contribution is -2.10. The lowest BCUT2D eigenvalue weighted by molar-refractivity contribution is 0.0685. The summed E-state index contributed by atoms with van der Waals surface area (Å²) in [5.41, 5.74) is 4.80. The highest BCUT2D eigenvalue weighted by atomic mass is 32.1. The minimum atomic E-state index is -0.980. The average Bonchev–Trinajstić information content (AvgIpc) is 3.37. The van der Waals surface area contributed by atoms with Crippen LogP contribution in [0.4, 0.5) is 0 Å². The number of unbranched alkanes of at least 4 members (excludes halogenated alkanes) is 1. The third-order valence-corrected chi connectivity index (χ3v) is 6.95. The number of nitrogens with zero attached hydrogens (tertiary/aromatic N) is 2. The van der Waals surface area contributed by atoms with E-state index in [1.54, 1.807) is 29.6 Å².